The largest absolute Gasteiger partial charge is 0.438 e. The third-order valence-corrected chi connectivity index (χ3v) is 5.78. The predicted octanol–water partition coefficient (Wildman–Crippen LogP) is 4.37. The number of ether oxygens (including phenoxy) is 1. The molecule has 148 valence electrons. The summed E-state index contributed by atoms with van der Waals surface area (Å²) in [6.07, 6.45) is -4.36. The van der Waals surface area contributed by atoms with E-state index in [1.165, 1.54) is 17.9 Å². The normalized spacial score (nSPS) is 26.1. The van der Waals surface area contributed by atoms with Gasteiger partial charge in [-0.15, -0.1) is 0 Å². The highest BCUT2D eigenvalue weighted by molar-refractivity contribution is 5.88. The zero-order chi connectivity index (χ0) is 20.2. The Bertz CT molecular complexity index is 888. The molecule has 0 radical (unpaired) electrons. The third kappa shape index (κ3) is 2.96. The van der Waals surface area contributed by atoms with Crippen molar-refractivity contribution in [1.29, 1.82) is 0 Å². The van der Waals surface area contributed by atoms with Crippen molar-refractivity contribution in [2.75, 3.05) is 6.54 Å². The Kier molecular flexibility index (Phi) is 4.45. The van der Waals surface area contributed by atoms with E-state index < -0.39 is 29.2 Å². The monoisotopic (exact) mass is 384 g/mol. The van der Waals surface area contributed by atoms with Gasteiger partial charge in [0, 0.05) is 17.6 Å². The van der Waals surface area contributed by atoms with Gasteiger partial charge in [0.05, 0.1) is 11.1 Å². The Morgan fingerprint density at radius 3 is 2.52 bits per heavy atom. The second-order valence-corrected chi connectivity index (χ2v) is 7.33. The van der Waals surface area contributed by atoms with Gasteiger partial charge in [-0.1, -0.05) is 19.1 Å². The standard InChI is InChI=1S/C19H23F3N2O3/c1-5-17(3)18(4,26)24(16(25)27-17)10-9-12-11(2)23-15-13(12)7-6-8-14(15)19(20,21)22/h6-8,23,26H,5,9-10H2,1-4H3. The Morgan fingerprint density at radius 2 is 1.96 bits per heavy atom. The van der Waals surface area contributed by atoms with E-state index in [-0.39, 0.29) is 18.5 Å². The fourth-order valence-corrected chi connectivity index (χ4v) is 3.71. The number of carbonyl (C=O) groups excluding carboxylic acids is 1. The van der Waals surface area contributed by atoms with Crippen LogP contribution in [0.2, 0.25) is 0 Å². The zero-order valence-electron chi connectivity index (χ0n) is 15.7. The van der Waals surface area contributed by atoms with E-state index >= 15 is 0 Å². The highest BCUT2D eigenvalue weighted by Gasteiger charge is 2.58. The van der Waals surface area contributed by atoms with Crippen molar-refractivity contribution < 1.29 is 27.8 Å². The van der Waals surface area contributed by atoms with Crippen LogP contribution in [0.5, 0.6) is 0 Å². The summed E-state index contributed by atoms with van der Waals surface area (Å²) in [5.74, 6) is 0. The minimum absolute atomic E-state index is 0.0339. The van der Waals surface area contributed by atoms with Crippen molar-refractivity contribution in [3.63, 3.8) is 0 Å². The number of aryl methyl sites for hydroxylation is 1. The summed E-state index contributed by atoms with van der Waals surface area (Å²) in [7, 11) is 0. The smallest absolute Gasteiger partial charge is 0.418 e. The molecule has 0 aliphatic carbocycles. The molecule has 2 aromatic rings. The van der Waals surface area contributed by atoms with E-state index in [0.29, 0.717) is 23.1 Å². The lowest BCUT2D eigenvalue weighted by molar-refractivity contribution is -0.137. The Hall–Kier alpha value is -2.22. The zero-order valence-corrected chi connectivity index (χ0v) is 15.7. The lowest BCUT2D eigenvalue weighted by Gasteiger charge is -2.36. The van der Waals surface area contributed by atoms with Crippen molar-refractivity contribution in [2.45, 2.75) is 58.0 Å². The van der Waals surface area contributed by atoms with E-state index in [1.54, 1.807) is 19.9 Å². The maximum atomic E-state index is 13.2. The van der Waals surface area contributed by atoms with Gasteiger partial charge in [0.15, 0.2) is 11.3 Å². The van der Waals surface area contributed by atoms with Crippen LogP contribution in [0.3, 0.4) is 0 Å². The molecule has 1 aliphatic heterocycles. The molecular weight excluding hydrogens is 361 g/mol. The number of rotatable bonds is 4. The van der Waals surface area contributed by atoms with Crippen molar-refractivity contribution in [3.05, 3.63) is 35.0 Å². The van der Waals surface area contributed by atoms with Crippen molar-refractivity contribution in [2.24, 2.45) is 0 Å². The van der Waals surface area contributed by atoms with Crippen molar-refractivity contribution in [3.8, 4) is 0 Å². The molecule has 1 aromatic carbocycles. The number of benzene rings is 1. The molecule has 3 rings (SSSR count). The molecule has 2 heterocycles. The molecule has 1 amide bonds. The maximum Gasteiger partial charge on any atom is 0.418 e. The lowest BCUT2D eigenvalue weighted by atomic mass is 9.90. The molecule has 5 nitrogen and oxygen atoms in total. The number of nitrogens with zero attached hydrogens (tertiary/aromatic N) is 1. The summed E-state index contributed by atoms with van der Waals surface area (Å²) < 4.78 is 45.1. The van der Waals surface area contributed by atoms with E-state index in [1.807, 2.05) is 6.92 Å². The Labute approximate surface area is 155 Å². The third-order valence-electron chi connectivity index (χ3n) is 5.78. The number of aromatic amines is 1. The number of hydrogen-bond donors (Lipinski definition) is 2. The minimum atomic E-state index is -4.46. The van der Waals surface area contributed by atoms with Gasteiger partial charge in [0.1, 0.15) is 0 Å². The fraction of sp³-hybridized carbons (Fsp3) is 0.526. The van der Waals surface area contributed by atoms with Crippen LogP contribution in [-0.4, -0.2) is 39.0 Å². The summed E-state index contributed by atoms with van der Waals surface area (Å²) >= 11 is 0. The van der Waals surface area contributed by atoms with Crippen LogP contribution in [0.15, 0.2) is 18.2 Å². The number of halogens is 3. The summed E-state index contributed by atoms with van der Waals surface area (Å²) in [4.78, 5) is 16.3. The molecule has 8 heteroatoms. The summed E-state index contributed by atoms with van der Waals surface area (Å²) in [5.41, 5.74) is -1.94. The molecule has 0 spiro atoms. The maximum absolute atomic E-state index is 13.2. The number of aliphatic hydroxyl groups is 1. The summed E-state index contributed by atoms with van der Waals surface area (Å²) in [6.45, 7) is 6.83. The molecule has 1 saturated heterocycles. The van der Waals surface area contributed by atoms with Crippen LogP contribution in [0.1, 0.15) is 44.0 Å². The van der Waals surface area contributed by atoms with Crippen LogP contribution < -0.4 is 0 Å². The number of amides is 1. The molecule has 0 saturated carbocycles. The first-order valence-electron chi connectivity index (χ1n) is 8.82. The van der Waals surface area contributed by atoms with Gasteiger partial charge in [0.2, 0.25) is 0 Å². The van der Waals surface area contributed by atoms with E-state index in [2.05, 4.69) is 4.98 Å². The number of hydrogen-bond acceptors (Lipinski definition) is 3. The molecule has 0 bridgehead atoms. The van der Waals surface area contributed by atoms with Crippen molar-refractivity contribution in [1.82, 2.24) is 9.88 Å². The van der Waals surface area contributed by atoms with Crippen molar-refractivity contribution >= 4 is 17.0 Å². The van der Waals surface area contributed by atoms with Gasteiger partial charge >= 0.3 is 12.3 Å². The number of nitrogens with one attached hydrogen (secondary N) is 1. The molecule has 1 aliphatic rings. The SMILES string of the molecule is CCC1(C)OC(=O)N(CCc2c(C)[nH]c3c(C(F)(F)F)cccc23)C1(C)O. The topological polar surface area (TPSA) is 65.6 Å². The van der Waals surface area contributed by atoms with Gasteiger partial charge in [0.25, 0.3) is 0 Å². The minimum Gasteiger partial charge on any atom is -0.438 e. The summed E-state index contributed by atoms with van der Waals surface area (Å²) in [6, 6.07) is 4.04. The molecule has 2 N–H and O–H groups in total. The van der Waals surface area contributed by atoms with E-state index in [9.17, 15) is 23.1 Å². The number of carbonyl (C=O) groups is 1. The molecule has 27 heavy (non-hydrogen) atoms. The lowest BCUT2D eigenvalue weighted by Crippen LogP contribution is -2.55. The fourth-order valence-electron chi connectivity index (χ4n) is 3.71. The second-order valence-electron chi connectivity index (χ2n) is 7.33. The van der Waals surface area contributed by atoms with E-state index in [0.717, 1.165) is 6.07 Å². The number of para-hydroxylation sites is 1. The first-order valence-corrected chi connectivity index (χ1v) is 8.82. The first kappa shape index (κ1) is 19.5. The average molecular weight is 384 g/mol. The van der Waals surface area contributed by atoms with Gasteiger partial charge in [-0.2, -0.15) is 13.2 Å². The Morgan fingerprint density at radius 1 is 1.30 bits per heavy atom. The van der Waals surface area contributed by atoms with Crippen LogP contribution in [0.4, 0.5) is 18.0 Å². The quantitative estimate of drug-likeness (QED) is 0.823. The molecule has 1 aromatic heterocycles. The highest BCUT2D eigenvalue weighted by atomic mass is 19.4. The average Bonchev–Trinajstić information content (AvgIpc) is 2.96. The van der Waals surface area contributed by atoms with Gasteiger partial charge in [-0.25, -0.2) is 4.79 Å². The molecule has 2 atom stereocenters. The number of aromatic nitrogens is 1. The van der Waals surface area contributed by atoms with Crippen LogP contribution >= 0.6 is 0 Å². The predicted molar refractivity (Wildman–Crippen MR) is 94.2 cm³/mol. The van der Waals surface area contributed by atoms with Gasteiger partial charge < -0.3 is 14.8 Å². The Balaban J connectivity index is 1.93. The molecule has 1 fully saturated rings. The van der Waals surface area contributed by atoms with Crippen LogP contribution in [0, 0.1) is 6.92 Å². The number of H-pyrrole nitrogens is 1. The highest BCUT2D eigenvalue weighted by Crippen LogP contribution is 2.40. The second kappa shape index (κ2) is 6.15. The molecular formula is C19H23F3N2O3. The van der Waals surface area contributed by atoms with Crippen LogP contribution in [0.25, 0.3) is 10.9 Å². The van der Waals surface area contributed by atoms with Gasteiger partial charge in [-0.3, -0.25) is 4.90 Å². The number of cyclic esters (lactones) is 1. The van der Waals surface area contributed by atoms with E-state index in [4.69, 9.17) is 4.74 Å². The first-order chi connectivity index (χ1) is 12.4. The summed E-state index contributed by atoms with van der Waals surface area (Å²) in [5, 5.41) is 11.3. The number of fused-ring (bicyclic) bond motifs is 1. The van der Waals surface area contributed by atoms with Gasteiger partial charge in [-0.05, 0) is 45.2 Å². The van der Waals surface area contributed by atoms with Crippen LogP contribution in [-0.2, 0) is 17.3 Å². The molecule has 2 unspecified atom stereocenters. The number of alkyl halides is 3.